The molecule has 0 amide bonds. The van der Waals surface area contributed by atoms with Crippen molar-refractivity contribution in [3.05, 3.63) is 57.8 Å². The highest BCUT2D eigenvalue weighted by molar-refractivity contribution is 7.13. The van der Waals surface area contributed by atoms with E-state index >= 15 is 0 Å². The Morgan fingerprint density at radius 3 is 2.93 bits per heavy atom. The quantitative estimate of drug-likeness (QED) is 0.443. The summed E-state index contributed by atoms with van der Waals surface area (Å²) in [6.07, 6.45) is 1.74. The summed E-state index contributed by atoms with van der Waals surface area (Å²) < 4.78 is 12.8. The first-order valence-electron chi connectivity index (χ1n) is 8.38. The third-order valence-corrected chi connectivity index (χ3v) is 5.09. The van der Waals surface area contributed by atoms with E-state index in [-0.39, 0.29) is 5.69 Å². The van der Waals surface area contributed by atoms with Crippen LogP contribution in [0.15, 0.2) is 40.3 Å². The molecule has 0 saturated carbocycles. The van der Waals surface area contributed by atoms with Gasteiger partial charge in [0.2, 0.25) is 0 Å². The lowest BCUT2D eigenvalue weighted by Crippen LogP contribution is -2.08. The van der Waals surface area contributed by atoms with Crippen LogP contribution in [0, 0.1) is 6.92 Å². The van der Waals surface area contributed by atoms with Gasteiger partial charge >= 0.3 is 5.97 Å². The zero-order chi connectivity index (χ0) is 19.0. The molecule has 0 spiro atoms. The Bertz CT molecular complexity index is 1120. The van der Waals surface area contributed by atoms with Crippen LogP contribution in [0.2, 0.25) is 5.02 Å². The number of nitrogens with zero attached hydrogens (tertiary/aromatic N) is 3. The van der Waals surface area contributed by atoms with E-state index in [1.165, 1.54) is 11.3 Å². The van der Waals surface area contributed by atoms with Gasteiger partial charge in [0.15, 0.2) is 16.5 Å². The number of halogens is 1. The average molecular weight is 402 g/mol. The highest BCUT2D eigenvalue weighted by Crippen LogP contribution is 2.33. The molecule has 0 N–H and O–H groups in total. The Labute approximate surface area is 164 Å². The van der Waals surface area contributed by atoms with Gasteiger partial charge in [0.1, 0.15) is 5.58 Å². The summed E-state index contributed by atoms with van der Waals surface area (Å²) in [6, 6.07) is 7.36. The molecule has 0 aliphatic heterocycles. The molecule has 3 aromatic heterocycles. The molecule has 138 valence electrons. The molecule has 6 nitrogen and oxygen atoms in total. The molecule has 0 fully saturated rings. The van der Waals surface area contributed by atoms with Gasteiger partial charge in [0.05, 0.1) is 13.2 Å². The van der Waals surface area contributed by atoms with E-state index in [9.17, 15) is 4.79 Å². The first-order chi connectivity index (χ1) is 13.0. The smallest absolute Gasteiger partial charge is 0.358 e. The lowest BCUT2D eigenvalue weighted by atomic mass is 10.1. The molecule has 3 heterocycles. The van der Waals surface area contributed by atoms with E-state index < -0.39 is 5.97 Å². The van der Waals surface area contributed by atoms with Gasteiger partial charge in [0.25, 0.3) is 0 Å². The summed E-state index contributed by atoms with van der Waals surface area (Å²) in [5, 5.41) is 8.59. The van der Waals surface area contributed by atoms with Crippen LogP contribution in [-0.4, -0.2) is 27.3 Å². The zero-order valence-corrected chi connectivity index (χ0v) is 16.3. The maximum absolute atomic E-state index is 11.9. The van der Waals surface area contributed by atoms with E-state index in [1.807, 2.05) is 30.5 Å². The number of aromatic nitrogens is 3. The van der Waals surface area contributed by atoms with Crippen LogP contribution in [0.3, 0.4) is 0 Å². The van der Waals surface area contributed by atoms with Crippen molar-refractivity contribution in [2.75, 3.05) is 6.61 Å². The van der Waals surface area contributed by atoms with Crippen LogP contribution in [-0.2, 0) is 11.3 Å². The van der Waals surface area contributed by atoms with Crippen LogP contribution < -0.4 is 0 Å². The SMILES string of the molecule is CCOC(=O)c1cc(C)n(Cc2cc(Cl)cc3cc(-c4nccs4)oc23)n1. The molecule has 0 aliphatic carbocycles. The van der Waals surface area contributed by atoms with Gasteiger partial charge in [0, 0.05) is 33.2 Å². The molecule has 0 aliphatic rings. The van der Waals surface area contributed by atoms with Crippen molar-refractivity contribution in [3.8, 4) is 10.8 Å². The number of hydrogen-bond donors (Lipinski definition) is 0. The molecular weight excluding hydrogens is 386 g/mol. The second-order valence-corrected chi connectivity index (χ2v) is 7.31. The molecule has 0 saturated heterocycles. The molecule has 1 aromatic carbocycles. The Kier molecular flexibility index (Phi) is 4.72. The fraction of sp³-hybridized carbons (Fsp3) is 0.211. The number of benzene rings is 1. The maximum Gasteiger partial charge on any atom is 0.358 e. The number of fused-ring (bicyclic) bond motifs is 1. The minimum absolute atomic E-state index is 0.288. The molecule has 0 radical (unpaired) electrons. The molecule has 27 heavy (non-hydrogen) atoms. The molecule has 8 heteroatoms. The van der Waals surface area contributed by atoms with Crippen molar-refractivity contribution in [2.24, 2.45) is 0 Å². The van der Waals surface area contributed by atoms with Gasteiger partial charge in [-0.05, 0) is 38.1 Å². The number of hydrogen-bond acceptors (Lipinski definition) is 6. The summed E-state index contributed by atoms with van der Waals surface area (Å²) in [6.45, 7) is 4.39. The summed E-state index contributed by atoms with van der Waals surface area (Å²) >= 11 is 7.81. The highest BCUT2D eigenvalue weighted by Gasteiger charge is 2.17. The highest BCUT2D eigenvalue weighted by atomic mass is 35.5. The second kappa shape index (κ2) is 7.17. The number of thiazole rings is 1. The summed E-state index contributed by atoms with van der Waals surface area (Å²) in [4.78, 5) is 16.2. The summed E-state index contributed by atoms with van der Waals surface area (Å²) in [7, 11) is 0. The van der Waals surface area contributed by atoms with E-state index in [2.05, 4.69) is 10.1 Å². The first-order valence-corrected chi connectivity index (χ1v) is 9.64. The average Bonchev–Trinajstić information content (AvgIpc) is 3.35. The van der Waals surface area contributed by atoms with Gasteiger partial charge in [-0.25, -0.2) is 9.78 Å². The lowest BCUT2D eigenvalue weighted by Gasteiger charge is -2.06. The van der Waals surface area contributed by atoms with Crippen molar-refractivity contribution < 1.29 is 13.9 Å². The third-order valence-electron chi connectivity index (χ3n) is 4.09. The minimum Gasteiger partial charge on any atom is -0.461 e. The fourth-order valence-electron chi connectivity index (χ4n) is 2.89. The normalized spacial score (nSPS) is 11.2. The monoisotopic (exact) mass is 401 g/mol. The number of esters is 1. The minimum atomic E-state index is -0.431. The maximum atomic E-state index is 11.9. The lowest BCUT2D eigenvalue weighted by molar-refractivity contribution is 0.0518. The summed E-state index contributed by atoms with van der Waals surface area (Å²) in [5.41, 5.74) is 2.74. The number of furan rings is 1. The topological polar surface area (TPSA) is 70.2 Å². The molecule has 0 atom stereocenters. The molecule has 0 bridgehead atoms. The number of carbonyl (C=O) groups excluding carboxylic acids is 1. The molecule has 4 aromatic rings. The summed E-state index contributed by atoms with van der Waals surface area (Å²) in [5.74, 6) is 0.271. The van der Waals surface area contributed by atoms with Crippen LogP contribution >= 0.6 is 22.9 Å². The fourth-order valence-corrected chi connectivity index (χ4v) is 3.73. The van der Waals surface area contributed by atoms with Crippen molar-refractivity contribution >= 4 is 39.9 Å². The van der Waals surface area contributed by atoms with E-state index in [0.717, 1.165) is 27.2 Å². The number of carbonyl (C=O) groups is 1. The van der Waals surface area contributed by atoms with Crippen molar-refractivity contribution in [3.63, 3.8) is 0 Å². The largest absolute Gasteiger partial charge is 0.461 e. The predicted molar refractivity (Wildman–Crippen MR) is 104 cm³/mol. The van der Waals surface area contributed by atoms with Gasteiger partial charge < -0.3 is 9.15 Å². The van der Waals surface area contributed by atoms with E-state index in [4.69, 9.17) is 20.8 Å². The Balaban J connectivity index is 1.73. The number of rotatable bonds is 5. The second-order valence-electron chi connectivity index (χ2n) is 5.98. The van der Waals surface area contributed by atoms with Crippen molar-refractivity contribution in [1.29, 1.82) is 0 Å². The Morgan fingerprint density at radius 2 is 2.19 bits per heavy atom. The van der Waals surface area contributed by atoms with Crippen LogP contribution in [0.25, 0.3) is 21.7 Å². The standard InChI is InChI=1S/C19H16ClN3O3S/c1-3-25-19(24)15-6-11(2)23(22-15)10-13-8-14(20)7-12-9-16(26-17(12)13)18-21-4-5-27-18/h4-9H,3,10H2,1-2H3. The molecule has 4 rings (SSSR count). The number of ether oxygens (including phenoxy) is 1. The predicted octanol–water partition coefficient (Wildman–Crippen LogP) is 4.94. The zero-order valence-electron chi connectivity index (χ0n) is 14.7. The van der Waals surface area contributed by atoms with Gasteiger partial charge in [-0.1, -0.05) is 11.6 Å². The van der Waals surface area contributed by atoms with Gasteiger partial charge in [-0.3, -0.25) is 4.68 Å². The number of aryl methyl sites for hydroxylation is 1. The first kappa shape index (κ1) is 17.8. The van der Waals surface area contributed by atoms with Crippen molar-refractivity contribution in [2.45, 2.75) is 20.4 Å². The van der Waals surface area contributed by atoms with Crippen molar-refractivity contribution in [1.82, 2.24) is 14.8 Å². The Hall–Kier alpha value is -2.64. The van der Waals surface area contributed by atoms with E-state index in [1.54, 1.807) is 23.9 Å². The Morgan fingerprint density at radius 1 is 1.33 bits per heavy atom. The van der Waals surface area contributed by atoms with Crippen LogP contribution in [0.4, 0.5) is 0 Å². The molecular formula is C19H16ClN3O3S. The van der Waals surface area contributed by atoms with E-state index in [0.29, 0.717) is 23.9 Å². The third kappa shape index (κ3) is 3.48. The van der Waals surface area contributed by atoms with Crippen LogP contribution in [0.5, 0.6) is 0 Å². The molecule has 0 unspecified atom stereocenters. The van der Waals surface area contributed by atoms with Gasteiger partial charge in [-0.2, -0.15) is 5.10 Å². The van der Waals surface area contributed by atoms with Crippen LogP contribution in [0.1, 0.15) is 28.7 Å². The van der Waals surface area contributed by atoms with Gasteiger partial charge in [-0.15, -0.1) is 11.3 Å².